The van der Waals surface area contributed by atoms with Crippen LogP contribution in [0.15, 0.2) is 45.1 Å². The highest BCUT2D eigenvalue weighted by molar-refractivity contribution is 7.98. The molecule has 2 unspecified atom stereocenters. The van der Waals surface area contributed by atoms with E-state index in [0.717, 1.165) is 41.7 Å². The fourth-order valence-electron chi connectivity index (χ4n) is 3.66. The summed E-state index contributed by atoms with van der Waals surface area (Å²) in [5.74, 6) is 1.24. The van der Waals surface area contributed by atoms with Crippen molar-refractivity contribution in [3.05, 3.63) is 58.4 Å². The number of nitrogens with zero attached hydrogens (tertiary/aromatic N) is 3. The Kier molecular flexibility index (Phi) is 7.06. The molecule has 1 aromatic carbocycles. The number of hydrogen-bond donors (Lipinski definition) is 1. The summed E-state index contributed by atoms with van der Waals surface area (Å²) in [6, 6.07) is 9.47. The molecule has 0 aliphatic carbocycles. The van der Waals surface area contributed by atoms with Gasteiger partial charge in [0.05, 0.1) is 34.9 Å². The van der Waals surface area contributed by atoms with E-state index < -0.39 is 0 Å². The topological polar surface area (TPSA) is 80.5 Å². The van der Waals surface area contributed by atoms with Crippen LogP contribution in [0.25, 0.3) is 0 Å². The lowest BCUT2D eigenvalue weighted by Crippen LogP contribution is -2.44. The van der Waals surface area contributed by atoms with Gasteiger partial charge in [-0.1, -0.05) is 17.3 Å². The van der Waals surface area contributed by atoms with Gasteiger partial charge < -0.3 is 9.26 Å². The minimum Gasteiger partial charge on any atom is -0.373 e. The first-order valence-corrected chi connectivity index (χ1v) is 12.1. The SMILES string of the molecule is Cc1cc(CSc2ccccc2C(=O)Nc2nc(CN3CC(C)OC(C)C3)cs2)on1. The van der Waals surface area contributed by atoms with Crippen LogP contribution in [0.1, 0.15) is 41.4 Å². The normalized spacial score (nSPS) is 19.5. The predicted octanol–water partition coefficient (Wildman–Crippen LogP) is 4.59. The van der Waals surface area contributed by atoms with Gasteiger partial charge in [-0.15, -0.1) is 23.1 Å². The van der Waals surface area contributed by atoms with Crippen molar-refractivity contribution in [2.45, 2.75) is 50.2 Å². The number of nitrogens with one attached hydrogen (secondary N) is 1. The van der Waals surface area contributed by atoms with Crippen molar-refractivity contribution in [1.29, 1.82) is 0 Å². The summed E-state index contributed by atoms with van der Waals surface area (Å²) in [4.78, 5) is 20.8. The highest BCUT2D eigenvalue weighted by Gasteiger charge is 2.23. The van der Waals surface area contributed by atoms with Crippen LogP contribution in [0, 0.1) is 6.92 Å². The van der Waals surface area contributed by atoms with Gasteiger partial charge in [-0.25, -0.2) is 4.98 Å². The molecule has 0 bridgehead atoms. The highest BCUT2D eigenvalue weighted by atomic mass is 32.2. The van der Waals surface area contributed by atoms with Crippen molar-refractivity contribution in [2.24, 2.45) is 0 Å². The number of thiazole rings is 1. The maximum atomic E-state index is 12.9. The van der Waals surface area contributed by atoms with E-state index in [9.17, 15) is 4.79 Å². The molecular weight excluding hydrogens is 432 g/mol. The smallest absolute Gasteiger partial charge is 0.258 e. The summed E-state index contributed by atoms with van der Waals surface area (Å²) >= 11 is 3.00. The Balaban J connectivity index is 1.37. The monoisotopic (exact) mass is 458 g/mol. The third-order valence-electron chi connectivity index (χ3n) is 4.83. The number of amides is 1. The Morgan fingerprint density at radius 1 is 1.29 bits per heavy atom. The molecule has 7 nitrogen and oxygen atoms in total. The lowest BCUT2D eigenvalue weighted by molar-refractivity contribution is -0.0707. The van der Waals surface area contributed by atoms with Crippen molar-refractivity contribution in [3.8, 4) is 0 Å². The molecule has 1 aliphatic rings. The third kappa shape index (κ3) is 5.94. The zero-order valence-electron chi connectivity index (χ0n) is 17.8. The van der Waals surface area contributed by atoms with Crippen LogP contribution in [0.2, 0.25) is 0 Å². The molecule has 9 heteroatoms. The number of rotatable bonds is 7. The standard InChI is InChI=1S/C22H26N4O3S2/c1-14-8-18(29-25-14)13-30-20-7-5-4-6-19(20)21(27)24-22-23-17(12-31-22)11-26-9-15(2)28-16(3)10-26/h4-8,12,15-16H,9-11,13H2,1-3H3,(H,23,24,27). The second-order valence-electron chi connectivity index (χ2n) is 7.77. The zero-order valence-corrected chi connectivity index (χ0v) is 19.5. The molecule has 3 heterocycles. The number of carbonyl (C=O) groups is 1. The van der Waals surface area contributed by atoms with Gasteiger partial charge >= 0.3 is 0 Å². The number of anilines is 1. The molecule has 0 saturated carbocycles. The quantitative estimate of drug-likeness (QED) is 0.519. The van der Waals surface area contributed by atoms with E-state index in [-0.39, 0.29) is 18.1 Å². The largest absolute Gasteiger partial charge is 0.373 e. The van der Waals surface area contributed by atoms with Crippen LogP contribution in [0.3, 0.4) is 0 Å². The Hall–Kier alpha value is -2.20. The molecule has 1 amide bonds. The zero-order chi connectivity index (χ0) is 21.8. The summed E-state index contributed by atoms with van der Waals surface area (Å²) in [6.07, 6.45) is 0.438. The number of ether oxygens (including phenoxy) is 1. The molecule has 0 spiro atoms. The minimum atomic E-state index is -0.161. The van der Waals surface area contributed by atoms with Crippen LogP contribution < -0.4 is 5.32 Å². The van der Waals surface area contributed by atoms with E-state index in [0.29, 0.717) is 16.4 Å². The van der Waals surface area contributed by atoms with Crippen LogP contribution in [0.5, 0.6) is 0 Å². The van der Waals surface area contributed by atoms with E-state index in [4.69, 9.17) is 9.26 Å². The van der Waals surface area contributed by atoms with Crippen LogP contribution in [-0.2, 0) is 17.0 Å². The summed E-state index contributed by atoms with van der Waals surface area (Å²) in [6.45, 7) is 8.61. The van der Waals surface area contributed by atoms with Crippen LogP contribution in [-0.4, -0.2) is 46.2 Å². The summed E-state index contributed by atoms with van der Waals surface area (Å²) in [5, 5.41) is 9.48. The molecule has 2 aromatic heterocycles. The number of morpholine rings is 1. The number of hydrogen-bond acceptors (Lipinski definition) is 8. The number of benzene rings is 1. The molecule has 0 radical (unpaired) electrons. The molecule has 31 heavy (non-hydrogen) atoms. The van der Waals surface area contributed by atoms with Gasteiger partial charge in [0.1, 0.15) is 5.76 Å². The molecule has 1 aliphatic heterocycles. The van der Waals surface area contributed by atoms with Gasteiger partial charge in [0.25, 0.3) is 5.91 Å². The lowest BCUT2D eigenvalue weighted by Gasteiger charge is -2.34. The van der Waals surface area contributed by atoms with Gasteiger partial charge in [-0.05, 0) is 32.9 Å². The van der Waals surface area contributed by atoms with Crippen molar-refractivity contribution in [1.82, 2.24) is 15.0 Å². The molecule has 4 rings (SSSR count). The van der Waals surface area contributed by atoms with E-state index in [1.54, 1.807) is 11.8 Å². The Bertz CT molecular complexity index is 1030. The fraction of sp³-hybridized carbons (Fsp3) is 0.409. The van der Waals surface area contributed by atoms with Gasteiger partial charge in [0.2, 0.25) is 0 Å². The Morgan fingerprint density at radius 3 is 2.81 bits per heavy atom. The molecule has 2 atom stereocenters. The Morgan fingerprint density at radius 2 is 2.06 bits per heavy atom. The van der Waals surface area contributed by atoms with E-state index in [2.05, 4.69) is 34.2 Å². The van der Waals surface area contributed by atoms with Gasteiger partial charge in [0.15, 0.2) is 5.13 Å². The fourth-order valence-corrected chi connectivity index (χ4v) is 5.28. The van der Waals surface area contributed by atoms with Crippen molar-refractivity contribution >= 4 is 34.1 Å². The maximum absolute atomic E-state index is 12.9. The third-order valence-corrected chi connectivity index (χ3v) is 6.73. The minimum absolute atomic E-state index is 0.161. The number of thioether (sulfide) groups is 1. The van der Waals surface area contributed by atoms with Crippen LogP contribution in [0.4, 0.5) is 5.13 Å². The number of aryl methyl sites for hydroxylation is 1. The van der Waals surface area contributed by atoms with Crippen molar-refractivity contribution in [3.63, 3.8) is 0 Å². The summed E-state index contributed by atoms with van der Waals surface area (Å²) < 4.78 is 11.1. The maximum Gasteiger partial charge on any atom is 0.258 e. The first-order valence-electron chi connectivity index (χ1n) is 10.2. The van der Waals surface area contributed by atoms with E-state index in [1.807, 2.05) is 42.6 Å². The summed E-state index contributed by atoms with van der Waals surface area (Å²) in [5.41, 5.74) is 2.43. The molecule has 164 valence electrons. The lowest BCUT2D eigenvalue weighted by atomic mass is 10.2. The Labute approximate surface area is 190 Å². The van der Waals surface area contributed by atoms with Gasteiger partial charge in [-0.3, -0.25) is 15.0 Å². The van der Waals surface area contributed by atoms with Gasteiger partial charge in [-0.2, -0.15) is 0 Å². The van der Waals surface area contributed by atoms with Crippen molar-refractivity contribution in [2.75, 3.05) is 18.4 Å². The van der Waals surface area contributed by atoms with Crippen molar-refractivity contribution < 1.29 is 14.1 Å². The average Bonchev–Trinajstić information content (AvgIpc) is 3.34. The molecule has 1 saturated heterocycles. The first kappa shape index (κ1) is 22.0. The number of aromatic nitrogens is 2. The summed E-state index contributed by atoms with van der Waals surface area (Å²) in [7, 11) is 0. The van der Waals surface area contributed by atoms with E-state index >= 15 is 0 Å². The second-order valence-corrected chi connectivity index (χ2v) is 9.64. The molecule has 1 N–H and O–H groups in total. The second kappa shape index (κ2) is 9.95. The first-order chi connectivity index (χ1) is 15.0. The highest BCUT2D eigenvalue weighted by Crippen LogP contribution is 2.28. The number of carbonyl (C=O) groups excluding carboxylic acids is 1. The van der Waals surface area contributed by atoms with Gasteiger partial charge in [0, 0.05) is 36.0 Å². The molecule has 3 aromatic rings. The predicted molar refractivity (Wildman–Crippen MR) is 123 cm³/mol. The van der Waals surface area contributed by atoms with Crippen LogP contribution >= 0.6 is 23.1 Å². The molecule has 1 fully saturated rings. The van der Waals surface area contributed by atoms with E-state index in [1.165, 1.54) is 11.3 Å². The molecular formula is C22H26N4O3S2. The average molecular weight is 459 g/mol.